The molecule has 1 aromatic carbocycles. The van der Waals surface area contributed by atoms with E-state index in [4.69, 9.17) is 9.72 Å². The molecule has 0 bridgehead atoms. The Hall–Kier alpha value is -2.16. The average molecular weight is 444 g/mol. The number of rotatable bonds is 5. The van der Waals surface area contributed by atoms with Crippen molar-refractivity contribution in [2.75, 3.05) is 0 Å². The fraction of sp³-hybridized carbons (Fsp3) is 0.409. The molecule has 1 aliphatic rings. The second kappa shape index (κ2) is 8.17. The molecule has 0 aliphatic carbocycles. The monoisotopic (exact) mass is 443 g/mol. The summed E-state index contributed by atoms with van der Waals surface area (Å²) >= 11 is 2.49. The molecule has 0 spiro atoms. The molecule has 158 valence electrons. The maximum atomic E-state index is 13.8. The van der Waals surface area contributed by atoms with Gasteiger partial charge in [0, 0.05) is 16.5 Å². The maximum Gasteiger partial charge on any atom is 0.267 e. The van der Waals surface area contributed by atoms with E-state index < -0.39 is 11.2 Å². The summed E-state index contributed by atoms with van der Waals surface area (Å²) in [6.45, 7) is 8.17. The highest BCUT2D eigenvalue weighted by Gasteiger charge is 2.29. The van der Waals surface area contributed by atoms with Crippen molar-refractivity contribution in [3.05, 3.63) is 50.6 Å². The summed E-state index contributed by atoms with van der Waals surface area (Å²) < 4.78 is 7.53. The number of benzene rings is 1. The summed E-state index contributed by atoms with van der Waals surface area (Å²) in [5.41, 5.74) is 2.47. The van der Waals surface area contributed by atoms with Crippen LogP contribution < -0.4 is 10.7 Å². The predicted molar refractivity (Wildman–Crippen MR) is 117 cm³/mol. The zero-order valence-electron chi connectivity index (χ0n) is 17.3. The van der Waals surface area contributed by atoms with Crippen molar-refractivity contribution in [1.29, 1.82) is 0 Å². The lowest BCUT2D eigenvalue weighted by molar-refractivity contribution is -0.304. The highest BCUT2D eigenvalue weighted by atomic mass is 32.2. The third-order valence-electron chi connectivity index (χ3n) is 5.43. The van der Waals surface area contributed by atoms with E-state index in [0.717, 1.165) is 27.8 Å². The third kappa shape index (κ3) is 3.68. The Morgan fingerprint density at radius 3 is 2.73 bits per heavy atom. The van der Waals surface area contributed by atoms with Gasteiger partial charge in [-0.25, -0.2) is 4.98 Å². The van der Waals surface area contributed by atoms with E-state index in [2.05, 4.69) is 13.8 Å². The molecule has 3 aromatic rings. The normalized spacial score (nSPS) is 17.3. The lowest BCUT2D eigenvalue weighted by Crippen LogP contribution is -2.32. The minimum atomic E-state index is -1.19. The first-order valence-corrected chi connectivity index (χ1v) is 11.6. The number of carboxylic acids is 1. The number of para-hydroxylation sites is 1. The molecule has 3 heterocycles. The number of carbonyl (C=O) groups is 1. The van der Waals surface area contributed by atoms with E-state index in [1.807, 2.05) is 31.2 Å². The van der Waals surface area contributed by atoms with Crippen LogP contribution in [0.5, 0.6) is 0 Å². The Morgan fingerprint density at radius 2 is 2.07 bits per heavy atom. The topological polar surface area (TPSA) is 84.3 Å². The van der Waals surface area contributed by atoms with Crippen LogP contribution in [-0.4, -0.2) is 26.9 Å². The highest BCUT2D eigenvalue weighted by molar-refractivity contribution is 8.00. The minimum absolute atomic E-state index is 0.0637. The summed E-state index contributed by atoms with van der Waals surface area (Å²) in [6.07, 6.45) is 0.744. The quantitative estimate of drug-likeness (QED) is 0.445. The number of aromatic nitrogens is 2. The number of hydrogen-bond acceptors (Lipinski definition) is 7. The molecule has 2 atom stereocenters. The molecule has 8 heteroatoms. The van der Waals surface area contributed by atoms with Gasteiger partial charge in [0.05, 0.1) is 29.8 Å². The summed E-state index contributed by atoms with van der Waals surface area (Å²) in [6, 6.07) is 7.55. The number of thioether (sulfide) groups is 1. The van der Waals surface area contributed by atoms with Crippen molar-refractivity contribution in [3.63, 3.8) is 0 Å². The first-order chi connectivity index (χ1) is 14.3. The first-order valence-electron chi connectivity index (χ1n) is 9.90. The lowest BCUT2D eigenvalue weighted by atomic mass is 9.96. The molecule has 0 saturated carbocycles. The smallest absolute Gasteiger partial charge is 0.267 e. The molecule has 6 nitrogen and oxygen atoms in total. The molecule has 0 saturated heterocycles. The summed E-state index contributed by atoms with van der Waals surface area (Å²) in [4.78, 5) is 31.5. The molecule has 4 rings (SSSR count). The Kier molecular flexibility index (Phi) is 5.74. The van der Waals surface area contributed by atoms with Gasteiger partial charge >= 0.3 is 0 Å². The van der Waals surface area contributed by atoms with Gasteiger partial charge < -0.3 is 14.6 Å². The van der Waals surface area contributed by atoms with Gasteiger partial charge in [0.15, 0.2) is 5.16 Å². The lowest BCUT2D eigenvalue weighted by Gasteiger charge is -2.26. The van der Waals surface area contributed by atoms with E-state index in [-0.39, 0.29) is 11.7 Å². The Bertz CT molecular complexity index is 1180. The Morgan fingerprint density at radius 1 is 1.33 bits per heavy atom. The van der Waals surface area contributed by atoms with Crippen LogP contribution in [-0.2, 0) is 22.6 Å². The predicted octanol–water partition coefficient (Wildman–Crippen LogP) is 3.08. The van der Waals surface area contributed by atoms with Crippen LogP contribution in [0.25, 0.3) is 15.9 Å². The van der Waals surface area contributed by atoms with Crippen LogP contribution in [0, 0.1) is 12.8 Å². The highest BCUT2D eigenvalue weighted by Crippen LogP contribution is 2.37. The maximum absolute atomic E-state index is 13.8. The number of aliphatic carboxylic acids is 1. The van der Waals surface area contributed by atoms with Gasteiger partial charge in [0.1, 0.15) is 4.83 Å². The van der Waals surface area contributed by atoms with Gasteiger partial charge in [-0.1, -0.05) is 43.8 Å². The van der Waals surface area contributed by atoms with Crippen LogP contribution in [0.4, 0.5) is 0 Å². The van der Waals surface area contributed by atoms with Crippen molar-refractivity contribution in [3.8, 4) is 5.69 Å². The molecular formula is C22H23N2O4S2-. The molecule has 0 radical (unpaired) electrons. The number of fused-ring (bicyclic) bond motifs is 3. The SMILES string of the molecule is Cc1ccccc1-n1c(SC(C)C(=O)[O-])nc2sc3c(c2c1=O)CC(C(C)C)OC3. The van der Waals surface area contributed by atoms with Gasteiger partial charge in [-0.2, -0.15) is 0 Å². The number of ether oxygens (including phenoxy) is 1. The van der Waals surface area contributed by atoms with Gasteiger partial charge in [0.2, 0.25) is 0 Å². The minimum Gasteiger partial charge on any atom is -0.549 e. The number of carboxylic acid groups (broad SMARTS) is 1. The van der Waals surface area contributed by atoms with Gasteiger partial charge in [0.25, 0.3) is 5.56 Å². The number of hydrogen-bond donors (Lipinski definition) is 0. The number of thiophene rings is 1. The average Bonchev–Trinajstić information content (AvgIpc) is 3.06. The molecule has 2 unspecified atom stereocenters. The molecule has 2 aromatic heterocycles. The van der Waals surface area contributed by atoms with E-state index in [1.165, 1.54) is 11.3 Å². The van der Waals surface area contributed by atoms with Crippen molar-refractivity contribution in [1.82, 2.24) is 9.55 Å². The molecule has 0 N–H and O–H groups in total. The van der Waals surface area contributed by atoms with Gasteiger partial charge in [-0.15, -0.1) is 11.3 Å². The molecule has 0 amide bonds. The first kappa shape index (κ1) is 21.1. The summed E-state index contributed by atoms with van der Waals surface area (Å²) in [5, 5.41) is 11.5. The van der Waals surface area contributed by atoms with Crippen LogP contribution in [0.3, 0.4) is 0 Å². The van der Waals surface area contributed by atoms with E-state index in [9.17, 15) is 14.7 Å². The number of carbonyl (C=O) groups excluding carboxylic acids is 1. The van der Waals surface area contributed by atoms with Gasteiger partial charge in [-0.3, -0.25) is 9.36 Å². The zero-order valence-corrected chi connectivity index (χ0v) is 18.9. The number of aryl methyl sites for hydroxylation is 1. The summed E-state index contributed by atoms with van der Waals surface area (Å²) in [7, 11) is 0. The Balaban J connectivity index is 1.97. The van der Waals surface area contributed by atoms with Crippen molar-refractivity contribution >= 4 is 39.3 Å². The molecule has 1 aliphatic heterocycles. The fourth-order valence-corrected chi connectivity index (χ4v) is 5.66. The molecule has 0 fully saturated rings. The van der Waals surface area contributed by atoms with Crippen molar-refractivity contribution < 1.29 is 14.6 Å². The standard InChI is InChI=1S/C22H24N2O4S2/c1-11(2)16-9-14-17(10-28-16)30-19-18(14)20(25)24(15-8-6-5-7-12(15)3)22(23-19)29-13(4)21(26)27/h5-8,11,13,16H,9-10H2,1-4H3,(H,26,27)/p-1. The van der Waals surface area contributed by atoms with Crippen molar-refractivity contribution in [2.24, 2.45) is 5.92 Å². The largest absolute Gasteiger partial charge is 0.549 e. The second-order valence-electron chi connectivity index (χ2n) is 7.88. The zero-order chi connectivity index (χ0) is 21.6. The second-order valence-corrected chi connectivity index (χ2v) is 10.3. The fourth-order valence-electron chi connectivity index (χ4n) is 3.65. The van der Waals surface area contributed by atoms with E-state index in [0.29, 0.717) is 40.0 Å². The van der Waals surface area contributed by atoms with E-state index >= 15 is 0 Å². The Labute approximate surface area is 182 Å². The third-order valence-corrected chi connectivity index (χ3v) is 7.56. The number of nitrogens with zero attached hydrogens (tertiary/aromatic N) is 2. The van der Waals surface area contributed by atoms with Crippen molar-refractivity contribution in [2.45, 2.75) is 57.2 Å². The molecular weight excluding hydrogens is 420 g/mol. The summed E-state index contributed by atoms with van der Waals surface area (Å²) in [5.74, 6) is -0.845. The van der Waals surface area contributed by atoms with E-state index in [1.54, 1.807) is 11.5 Å². The molecule has 30 heavy (non-hydrogen) atoms. The van der Waals surface area contributed by atoms with Gasteiger partial charge in [-0.05, 0) is 37.0 Å². The van der Waals surface area contributed by atoms with Crippen LogP contribution in [0.15, 0.2) is 34.2 Å². The van der Waals surface area contributed by atoms with Crippen LogP contribution in [0.2, 0.25) is 0 Å². The van der Waals surface area contributed by atoms with Crippen LogP contribution in [0.1, 0.15) is 36.8 Å². The van der Waals surface area contributed by atoms with Crippen LogP contribution >= 0.6 is 23.1 Å².